The highest BCUT2D eigenvalue weighted by atomic mass is 16.1. The number of pyridine rings is 1. The molecule has 36 heavy (non-hydrogen) atoms. The molecule has 0 amide bonds. The molecule has 5 nitrogen and oxygen atoms in total. The molecule has 3 heterocycles. The molecule has 0 aliphatic carbocycles. The third-order valence-corrected chi connectivity index (χ3v) is 7.33. The van der Waals surface area contributed by atoms with Gasteiger partial charge in [0.1, 0.15) is 0 Å². The van der Waals surface area contributed by atoms with E-state index >= 15 is 0 Å². The molecule has 0 bridgehead atoms. The van der Waals surface area contributed by atoms with Crippen molar-refractivity contribution < 1.29 is 4.79 Å². The standard InChI is InChI=1S/C31H36N4O/c32-28-12-16-35(17-13-28)22-23-7-9-26(10-8-23)31(36)21-25-11-15-33-29(20-25)19-24-4-3-5-27(18-24)30-6-1-2-14-34-30/h3-5,7-11,15,18,20,28H,1-2,6,12-14,16-17,19,21-22,32H2. The SMILES string of the molecule is NC1CCN(Cc2ccc(C(=O)Cc3ccnc(Cc4cccc(C5=NCCCC5)c4)c3)cc2)CC1. The van der Waals surface area contributed by atoms with Crippen LogP contribution in [0.5, 0.6) is 0 Å². The summed E-state index contributed by atoms with van der Waals surface area (Å²) in [6.45, 7) is 3.95. The first-order valence-corrected chi connectivity index (χ1v) is 13.3. The predicted octanol–water partition coefficient (Wildman–Crippen LogP) is 4.99. The van der Waals surface area contributed by atoms with E-state index in [0.29, 0.717) is 12.5 Å². The van der Waals surface area contributed by atoms with Gasteiger partial charge in [-0.05, 0) is 85.6 Å². The number of hydrogen-bond donors (Lipinski definition) is 1. The molecule has 0 spiro atoms. The van der Waals surface area contributed by atoms with E-state index in [1.165, 1.54) is 35.2 Å². The second-order valence-electron chi connectivity index (χ2n) is 10.2. The van der Waals surface area contributed by atoms with Crippen LogP contribution in [-0.4, -0.2) is 47.1 Å². The maximum Gasteiger partial charge on any atom is 0.167 e. The number of nitrogens with zero attached hydrogens (tertiary/aromatic N) is 3. The van der Waals surface area contributed by atoms with Crippen LogP contribution in [-0.2, 0) is 19.4 Å². The van der Waals surface area contributed by atoms with Crippen LogP contribution in [0.2, 0.25) is 0 Å². The Balaban J connectivity index is 1.19. The van der Waals surface area contributed by atoms with Gasteiger partial charge in [-0.2, -0.15) is 0 Å². The Morgan fingerprint density at radius 1 is 0.944 bits per heavy atom. The van der Waals surface area contributed by atoms with Crippen molar-refractivity contribution in [3.8, 4) is 0 Å². The topological polar surface area (TPSA) is 71.6 Å². The Morgan fingerprint density at radius 2 is 1.78 bits per heavy atom. The average molecular weight is 481 g/mol. The first-order chi connectivity index (χ1) is 17.6. The Kier molecular flexibility index (Phi) is 7.99. The summed E-state index contributed by atoms with van der Waals surface area (Å²) in [7, 11) is 0. The van der Waals surface area contributed by atoms with Crippen molar-refractivity contribution in [3.05, 3.63) is 100 Å². The van der Waals surface area contributed by atoms with E-state index in [4.69, 9.17) is 10.7 Å². The fourth-order valence-electron chi connectivity index (χ4n) is 5.19. The maximum absolute atomic E-state index is 13.0. The molecule has 0 saturated carbocycles. The second kappa shape index (κ2) is 11.7. The lowest BCUT2D eigenvalue weighted by molar-refractivity contribution is 0.0993. The molecule has 1 fully saturated rings. The molecule has 2 aliphatic heterocycles. The zero-order valence-electron chi connectivity index (χ0n) is 21.0. The largest absolute Gasteiger partial charge is 0.328 e. The summed E-state index contributed by atoms with van der Waals surface area (Å²) in [5, 5.41) is 0. The van der Waals surface area contributed by atoms with Crippen molar-refractivity contribution in [1.82, 2.24) is 9.88 Å². The minimum Gasteiger partial charge on any atom is -0.328 e. The smallest absolute Gasteiger partial charge is 0.167 e. The lowest BCUT2D eigenvalue weighted by Gasteiger charge is -2.30. The van der Waals surface area contributed by atoms with Crippen molar-refractivity contribution in [2.24, 2.45) is 10.7 Å². The average Bonchev–Trinajstić information content (AvgIpc) is 2.91. The van der Waals surface area contributed by atoms with Crippen LogP contribution in [0.4, 0.5) is 0 Å². The van der Waals surface area contributed by atoms with E-state index in [2.05, 4.69) is 52.3 Å². The summed E-state index contributed by atoms with van der Waals surface area (Å²) >= 11 is 0. The van der Waals surface area contributed by atoms with Crippen LogP contribution in [0.3, 0.4) is 0 Å². The highest BCUT2D eigenvalue weighted by Gasteiger charge is 2.16. The van der Waals surface area contributed by atoms with Gasteiger partial charge >= 0.3 is 0 Å². The van der Waals surface area contributed by atoms with Crippen molar-refractivity contribution in [3.63, 3.8) is 0 Å². The van der Waals surface area contributed by atoms with Gasteiger partial charge in [0.25, 0.3) is 0 Å². The van der Waals surface area contributed by atoms with E-state index in [-0.39, 0.29) is 5.78 Å². The quantitative estimate of drug-likeness (QED) is 0.461. The van der Waals surface area contributed by atoms with Gasteiger partial charge in [0, 0.05) is 55.1 Å². The van der Waals surface area contributed by atoms with Gasteiger partial charge in [0.15, 0.2) is 5.78 Å². The molecule has 2 aromatic carbocycles. The Labute approximate surface area is 214 Å². The first kappa shape index (κ1) is 24.5. The van der Waals surface area contributed by atoms with Gasteiger partial charge in [0.2, 0.25) is 0 Å². The number of piperidine rings is 1. The zero-order chi connectivity index (χ0) is 24.7. The van der Waals surface area contributed by atoms with Crippen molar-refractivity contribution in [1.29, 1.82) is 0 Å². The normalized spacial score (nSPS) is 17.1. The Morgan fingerprint density at radius 3 is 2.56 bits per heavy atom. The number of ketones is 1. The van der Waals surface area contributed by atoms with Crippen molar-refractivity contribution >= 4 is 11.5 Å². The van der Waals surface area contributed by atoms with E-state index in [9.17, 15) is 4.79 Å². The van der Waals surface area contributed by atoms with E-state index in [1.807, 2.05) is 24.4 Å². The molecular weight excluding hydrogens is 444 g/mol. The number of benzene rings is 2. The van der Waals surface area contributed by atoms with Crippen molar-refractivity contribution in [2.45, 2.75) is 57.5 Å². The van der Waals surface area contributed by atoms with Crippen LogP contribution in [0.15, 0.2) is 71.9 Å². The molecule has 186 valence electrons. The second-order valence-corrected chi connectivity index (χ2v) is 10.2. The summed E-state index contributed by atoms with van der Waals surface area (Å²) in [6, 6.07) is 21.1. The highest BCUT2D eigenvalue weighted by molar-refractivity contribution is 6.01. The number of carbonyl (C=O) groups excluding carboxylic acids is 1. The van der Waals surface area contributed by atoms with E-state index in [0.717, 1.165) is 68.7 Å². The third-order valence-electron chi connectivity index (χ3n) is 7.33. The lowest BCUT2D eigenvalue weighted by atomic mass is 9.97. The molecule has 0 unspecified atom stereocenters. The monoisotopic (exact) mass is 480 g/mol. The summed E-state index contributed by atoms with van der Waals surface area (Å²) in [6.07, 6.45) is 8.55. The summed E-state index contributed by atoms with van der Waals surface area (Å²) < 4.78 is 0. The molecule has 5 rings (SSSR count). The molecule has 1 aromatic heterocycles. The Bertz CT molecular complexity index is 1210. The van der Waals surface area contributed by atoms with Crippen LogP contribution in [0, 0.1) is 0 Å². The fourth-order valence-corrected chi connectivity index (χ4v) is 5.19. The van der Waals surface area contributed by atoms with Crippen molar-refractivity contribution in [2.75, 3.05) is 19.6 Å². The predicted molar refractivity (Wildman–Crippen MR) is 146 cm³/mol. The summed E-state index contributed by atoms with van der Waals surface area (Å²) in [5.41, 5.74) is 13.7. The van der Waals surface area contributed by atoms with Gasteiger partial charge in [-0.3, -0.25) is 19.7 Å². The minimum absolute atomic E-state index is 0.139. The van der Waals surface area contributed by atoms with Gasteiger partial charge in [-0.25, -0.2) is 0 Å². The molecule has 2 aliphatic rings. The number of carbonyl (C=O) groups is 1. The van der Waals surface area contributed by atoms with Gasteiger partial charge < -0.3 is 5.73 Å². The van der Waals surface area contributed by atoms with Crippen LogP contribution in [0.1, 0.15) is 70.4 Å². The molecule has 0 atom stereocenters. The summed E-state index contributed by atoms with van der Waals surface area (Å²) in [4.78, 5) is 24.7. The lowest BCUT2D eigenvalue weighted by Crippen LogP contribution is -2.39. The molecule has 1 saturated heterocycles. The summed E-state index contributed by atoms with van der Waals surface area (Å²) in [5.74, 6) is 0.139. The van der Waals surface area contributed by atoms with Gasteiger partial charge in [-0.1, -0.05) is 42.5 Å². The minimum atomic E-state index is 0.139. The highest BCUT2D eigenvalue weighted by Crippen LogP contribution is 2.18. The molecule has 0 radical (unpaired) electrons. The fraction of sp³-hybridized carbons (Fsp3) is 0.387. The van der Waals surface area contributed by atoms with Crippen LogP contribution < -0.4 is 5.73 Å². The first-order valence-electron chi connectivity index (χ1n) is 13.3. The maximum atomic E-state index is 13.0. The molecule has 2 N–H and O–H groups in total. The van der Waals surface area contributed by atoms with Crippen LogP contribution in [0.25, 0.3) is 0 Å². The number of nitrogens with two attached hydrogens (primary N) is 1. The molecular formula is C31H36N4O. The number of Topliss-reactive ketones (excluding diaryl/α,β-unsaturated/α-hetero) is 1. The number of likely N-dealkylation sites (tertiary alicyclic amines) is 1. The van der Waals surface area contributed by atoms with Crippen LogP contribution >= 0.6 is 0 Å². The number of aromatic nitrogens is 1. The van der Waals surface area contributed by atoms with Gasteiger partial charge in [0.05, 0.1) is 0 Å². The van der Waals surface area contributed by atoms with E-state index < -0.39 is 0 Å². The van der Waals surface area contributed by atoms with Gasteiger partial charge in [-0.15, -0.1) is 0 Å². The van der Waals surface area contributed by atoms with E-state index in [1.54, 1.807) is 0 Å². The molecule has 5 heteroatoms. The Hall–Kier alpha value is -3.15. The zero-order valence-corrected chi connectivity index (χ0v) is 21.0. The number of hydrogen-bond acceptors (Lipinski definition) is 5. The number of aliphatic imine (C=N–C) groups is 1. The molecule has 3 aromatic rings. The number of rotatable bonds is 8. The third kappa shape index (κ3) is 6.54.